The first-order valence-corrected chi connectivity index (χ1v) is 6.44. The second-order valence-corrected chi connectivity index (χ2v) is 4.67. The first kappa shape index (κ1) is 13.3. The Kier molecular flexibility index (Phi) is 3.19. The molecule has 21 heavy (non-hydrogen) atoms. The fourth-order valence-corrected chi connectivity index (χ4v) is 2.62. The molecule has 0 saturated carbocycles. The van der Waals surface area contributed by atoms with Gasteiger partial charge >= 0.3 is 5.97 Å². The third-order valence-electron chi connectivity index (χ3n) is 3.49. The number of carboxylic acid groups (broad SMARTS) is 1. The van der Waals surface area contributed by atoms with Crippen molar-refractivity contribution in [3.05, 3.63) is 65.7 Å². The van der Waals surface area contributed by atoms with E-state index in [1.165, 1.54) is 12.1 Å². The average molecular weight is 284 g/mol. The van der Waals surface area contributed by atoms with Crippen molar-refractivity contribution in [2.75, 3.05) is 0 Å². The third kappa shape index (κ3) is 2.08. The third-order valence-corrected chi connectivity index (χ3v) is 3.49. The van der Waals surface area contributed by atoms with Crippen molar-refractivity contribution in [1.29, 1.82) is 0 Å². The lowest BCUT2D eigenvalue weighted by Crippen LogP contribution is -2.03. The molecule has 0 aliphatic carbocycles. The Labute approximate surface area is 120 Å². The minimum Gasteiger partial charge on any atom is -0.478 e. The fraction of sp³-hybridized carbons (Fsp3) is 0.0625. The lowest BCUT2D eigenvalue weighted by atomic mass is 10.0. The molecule has 2 heterocycles. The summed E-state index contributed by atoms with van der Waals surface area (Å²) in [5.41, 5.74) is 8.43. The van der Waals surface area contributed by atoms with Crippen molar-refractivity contribution in [2.24, 2.45) is 5.73 Å². The normalized spacial score (nSPS) is 11.0. The number of hydrogen-bond acceptors (Lipinski definition) is 2. The van der Waals surface area contributed by atoms with E-state index in [4.69, 9.17) is 5.73 Å². The largest absolute Gasteiger partial charge is 0.478 e. The predicted molar refractivity (Wildman–Crippen MR) is 77.6 cm³/mol. The summed E-state index contributed by atoms with van der Waals surface area (Å²) in [6.45, 7) is 0.186. The predicted octanol–water partition coefficient (Wildman–Crippen LogP) is 2.90. The minimum atomic E-state index is -1.03. The molecular formula is C16H13FN2O2. The maximum atomic E-state index is 13.1. The van der Waals surface area contributed by atoms with E-state index < -0.39 is 5.97 Å². The van der Waals surface area contributed by atoms with E-state index in [9.17, 15) is 14.3 Å². The summed E-state index contributed by atoms with van der Waals surface area (Å²) in [5.74, 6) is -1.40. The van der Waals surface area contributed by atoms with E-state index >= 15 is 0 Å². The summed E-state index contributed by atoms with van der Waals surface area (Å²) in [4.78, 5) is 11.7. The van der Waals surface area contributed by atoms with Gasteiger partial charge in [0.25, 0.3) is 0 Å². The molecule has 0 radical (unpaired) electrons. The van der Waals surface area contributed by atoms with E-state index in [0.717, 1.165) is 0 Å². The van der Waals surface area contributed by atoms with Crippen molar-refractivity contribution in [2.45, 2.75) is 6.54 Å². The summed E-state index contributed by atoms with van der Waals surface area (Å²) >= 11 is 0. The molecule has 0 atom stereocenters. The van der Waals surface area contributed by atoms with Gasteiger partial charge in [-0.3, -0.25) is 0 Å². The van der Waals surface area contributed by atoms with Crippen LogP contribution in [-0.4, -0.2) is 15.5 Å². The number of carbonyl (C=O) groups is 1. The molecule has 0 fully saturated rings. The highest BCUT2D eigenvalue weighted by atomic mass is 19.1. The van der Waals surface area contributed by atoms with Crippen LogP contribution in [0.25, 0.3) is 16.6 Å². The van der Waals surface area contributed by atoms with Crippen LogP contribution in [0, 0.1) is 5.82 Å². The van der Waals surface area contributed by atoms with Crippen LogP contribution in [0.15, 0.2) is 48.7 Å². The number of benzene rings is 1. The Balaban J connectivity index is 2.42. The number of aromatic nitrogens is 1. The standard InChI is InChI=1S/C16H13FN2O2/c17-11-6-4-10(5-7-11)14-13(9-18)19-8-2-1-3-12(19)15(14)16(20)21/h1-8H,9,18H2,(H,20,21). The second kappa shape index (κ2) is 5.03. The van der Waals surface area contributed by atoms with E-state index in [1.54, 1.807) is 34.9 Å². The first-order chi connectivity index (χ1) is 10.1. The number of nitrogens with two attached hydrogens (primary N) is 1. The van der Waals surface area contributed by atoms with Gasteiger partial charge in [-0.1, -0.05) is 18.2 Å². The van der Waals surface area contributed by atoms with Crippen molar-refractivity contribution in [3.63, 3.8) is 0 Å². The summed E-state index contributed by atoms with van der Waals surface area (Å²) in [5, 5.41) is 9.56. The molecule has 0 spiro atoms. The van der Waals surface area contributed by atoms with Crippen LogP contribution in [0.5, 0.6) is 0 Å². The van der Waals surface area contributed by atoms with Gasteiger partial charge in [0.05, 0.1) is 11.1 Å². The molecule has 5 heteroatoms. The number of halogens is 1. The Morgan fingerprint density at radius 2 is 1.90 bits per heavy atom. The molecule has 106 valence electrons. The molecule has 4 nitrogen and oxygen atoms in total. The molecular weight excluding hydrogens is 271 g/mol. The summed E-state index contributed by atoms with van der Waals surface area (Å²) < 4.78 is 14.9. The molecule has 2 aromatic heterocycles. The molecule has 3 aromatic rings. The Bertz CT molecular complexity index is 822. The second-order valence-electron chi connectivity index (χ2n) is 4.67. The van der Waals surface area contributed by atoms with E-state index in [2.05, 4.69) is 0 Å². The Morgan fingerprint density at radius 3 is 2.52 bits per heavy atom. The zero-order valence-electron chi connectivity index (χ0n) is 11.1. The molecule has 1 aromatic carbocycles. The van der Waals surface area contributed by atoms with Crippen molar-refractivity contribution in [1.82, 2.24) is 4.40 Å². The van der Waals surface area contributed by atoms with Crippen molar-refractivity contribution < 1.29 is 14.3 Å². The Morgan fingerprint density at radius 1 is 1.19 bits per heavy atom. The quantitative estimate of drug-likeness (QED) is 0.777. The van der Waals surface area contributed by atoms with E-state index in [0.29, 0.717) is 22.3 Å². The van der Waals surface area contributed by atoms with Crippen LogP contribution < -0.4 is 5.73 Å². The van der Waals surface area contributed by atoms with E-state index in [-0.39, 0.29) is 17.9 Å². The number of pyridine rings is 1. The van der Waals surface area contributed by atoms with Crippen LogP contribution in [-0.2, 0) is 6.54 Å². The maximum absolute atomic E-state index is 13.1. The van der Waals surface area contributed by atoms with Crippen LogP contribution in [0.4, 0.5) is 4.39 Å². The molecule has 0 amide bonds. The molecule has 0 aliphatic rings. The number of nitrogens with zero attached hydrogens (tertiary/aromatic N) is 1. The van der Waals surface area contributed by atoms with Gasteiger partial charge in [0.1, 0.15) is 5.82 Å². The minimum absolute atomic E-state index is 0.183. The molecule has 3 rings (SSSR count). The van der Waals surface area contributed by atoms with Crippen LogP contribution in [0.1, 0.15) is 16.1 Å². The van der Waals surface area contributed by atoms with Gasteiger partial charge in [0.15, 0.2) is 0 Å². The van der Waals surface area contributed by atoms with Crippen LogP contribution in [0.2, 0.25) is 0 Å². The topological polar surface area (TPSA) is 67.7 Å². The zero-order chi connectivity index (χ0) is 15.0. The number of aromatic carboxylic acids is 1. The highest BCUT2D eigenvalue weighted by Crippen LogP contribution is 2.33. The number of carboxylic acids is 1. The number of fused-ring (bicyclic) bond motifs is 1. The monoisotopic (exact) mass is 284 g/mol. The van der Waals surface area contributed by atoms with E-state index in [1.807, 2.05) is 6.07 Å². The summed E-state index contributed by atoms with van der Waals surface area (Å²) in [6, 6.07) is 11.1. The van der Waals surface area contributed by atoms with Crippen molar-refractivity contribution in [3.8, 4) is 11.1 Å². The smallest absolute Gasteiger partial charge is 0.338 e. The number of hydrogen-bond donors (Lipinski definition) is 2. The number of rotatable bonds is 3. The lowest BCUT2D eigenvalue weighted by Gasteiger charge is -2.05. The SMILES string of the molecule is NCc1c(-c2ccc(F)cc2)c(C(=O)O)c2ccccn12. The fourth-order valence-electron chi connectivity index (χ4n) is 2.62. The van der Waals surface area contributed by atoms with Gasteiger partial charge in [0, 0.05) is 24.0 Å². The highest BCUT2D eigenvalue weighted by molar-refractivity contribution is 6.04. The summed E-state index contributed by atoms with van der Waals surface area (Å²) in [6.07, 6.45) is 1.77. The van der Waals surface area contributed by atoms with Gasteiger partial charge in [-0.15, -0.1) is 0 Å². The molecule has 0 saturated heterocycles. The van der Waals surface area contributed by atoms with Crippen LogP contribution >= 0.6 is 0 Å². The Hall–Kier alpha value is -2.66. The highest BCUT2D eigenvalue weighted by Gasteiger charge is 2.23. The molecule has 0 unspecified atom stereocenters. The molecule has 3 N–H and O–H groups in total. The van der Waals surface area contributed by atoms with Gasteiger partial charge in [-0.25, -0.2) is 9.18 Å². The average Bonchev–Trinajstić information content (AvgIpc) is 2.82. The van der Waals surface area contributed by atoms with Gasteiger partial charge in [-0.2, -0.15) is 0 Å². The zero-order valence-corrected chi connectivity index (χ0v) is 11.1. The first-order valence-electron chi connectivity index (χ1n) is 6.44. The lowest BCUT2D eigenvalue weighted by molar-refractivity contribution is 0.0700. The molecule has 0 aliphatic heterocycles. The van der Waals surface area contributed by atoms with Crippen molar-refractivity contribution >= 4 is 11.5 Å². The van der Waals surface area contributed by atoms with Gasteiger partial charge < -0.3 is 15.2 Å². The van der Waals surface area contributed by atoms with Gasteiger partial charge in [-0.05, 0) is 29.8 Å². The maximum Gasteiger partial charge on any atom is 0.338 e. The van der Waals surface area contributed by atoms with Crippen LogP contribution in [0.3, 0.4) is 0 Å². The summed E-state index contributed by atoms with van der Waals surface area (Å²) in [7, 11) is 0. The molecule has 0 bridgehead atoms. The van der Waals surface area contributed by atoms with Gasteiger partial charge in [0.2, 0.25) is 0 Å².